The van der Waals surface area contributed by atoms with E-state index in [0.717, 1.165) is 49.0 Å². The van der Waals surface area contributed by atoms with Crippen molar-refractivity contribution in [2.45, 2.75) is 32.5 Å². The van der Waals surface area contributed by atoms with Gasteiger partial charge in [-0.15, -0.1) is 0 Å². The van der Waals surface area contributed by atoms with Gasteiger partial charge in [0.25, 0.3) is 0 Å². The Morgan fingerprint density at radius 2 is 1.73 bits per heavy atom. The topological polar surface area (TPSA) is 79.0 Å². The Hall–Kier alpha value is -1.84. The largest absolute Gasteiger partial charge is 0.379 e. The highest BCUT2D eigenvalue weighted by atomic mass is 35.5. The van der Waals surface area contributed by atoms with Crippen LogP contribution < -0.4 is 9.62 Å². The van der Waals surface area contributed by atoms with Crippen molar-refractivity contribution in [1.29, 1.82) is 0 Å². The van der Waals surface area contributed by atoms with E-state index in [1.807, 2.05) is 24.3 Å². The van der Waals surface area contributed by atoms with Crippen molar-refractivity contribution >= 4 is 44.8 Å². The second-order valence-electron chi connectivity index (χ2n) is 8.00. The van der Waals surface area contributed by atoms with Gasteiger partial charge in [0, 0.05) is 26.2 Å². The van der Waals surface area contributed by atoms with E-state index < -0.39 is 16.1 Å². The van der Waals surface area contributed by atoms with Crippen LogP contribution >= 0.6 is 23.2 Å². The number of hydrogen-bond acceptors (Lipinski definition) is 5. The molecule has 1 heterocycles. The third kappa shape index (κ3) is 7.07. The van der Waals surface area contributed by atoms with Crippen LogP contribution in [0.2, 0.25) is 10.0 Å². The smallest absolute Gasteiger partial charge is 0.244 e. The van der Waals surface area contributed by atoms with Crippen molar-refractivity contribution in [1.82, 2.24) is 10.2 Å². The van der Waals surface area contributed by atoms with Crippen LogP contribution in [-0.2, 0) is 32.6 Å². The maximum absolute atomic E-state index is 13.0. The molecule has 180 valence electrons. The molecule has 0 aromatic heterocycles. The van der Waals surface area contributed by atoms with Crippen LogP contribution in [0.1, 0.15) is 24.5 Å². The third-order valence-corrected chi connectivity index (χ3v) is 7.41. The highest BCUT2D eigenvalue weighted by molar-refractivity contribution is 7.92. The Balaban J connectivity index is 1.67. The SMILES string of the molecule is CC[C@@H](C(=O)NCc1ccc(CN2CCOCC2)cc1)N(c1ccc(Cl)c(Cl)c1)S(C)(=O)=O. The lowest BCUT2D eigenvalue weighted by atomic mass is 10.1. The van der Waals surface area contributed by atoms with Gasteiger partial charge < -0.3 is 10.1 Å². The summed E-state index contributed by atoms with van der Waals surface area (Å²) >= 11 is 12.1. The number of ether oxygens (including phenoxy) is 1. The zero-order chi connectivity index (χ0) is 24.0. The summed E-state index contributed by atoms with van der Waals surface area (Å²) in [5, 5.41) is 3.39. The van der Waals surface area contributed by atoms with E-state index >= 15 is 0 Å². The van der Waals surface area contributed by atoms with Gasteiger partial charge in [-0.3, -0.25) is 14.0 Å². The van der Waals surface area contributed by atoms with Gasteiger partial charge in [-0.25, -0.2) is 8.42 Å². The zero-order valence-electron chi connectivity index (χ0n) is 18.8. The van der Waals surface area contributed by atoms with E-state index in [-0.39, 0.29) is 17.4 Å². The molecule has 1 aliphatic rings. The average Bonchev–Trinajstić information content (AvgIpc) is 2.78. The molecule has 7 nitrogen and oxygen atoms in total. The Labute approximate surface area is 205 Å². The molecule has 10 heteroatoms. The summed E-state index contributed by atoms with van der Waals surface area (Å²) in [5.41, 5.74) is 2.42. The van der Waals surface area contributed by atoms with Crippen LogP contribution in [-0.4, -0.2) is 57.8 Å². The number of nitrogens with zero attached hydrogens (tertiary/aromatic N) is 2. The molecule has 1 atom stereocenters. The highest BCUT2D eigenvalue weighted by Crippen LogP contribution is 2.30. The molecule has 0 radical (unpaired) electrons. The van der Waals surface area contributed by atoms with Gasteiger partial charge in [0.15, 0.2) is 0 Å². The van der Waals surface area contributed by atoms with Crippen LogP contribution in [0.5, 0.6) is 0 Å². The molecule has 1 N–H and O–H groups in total. The minimum absolute atomic E-state index is 0.218. The predicted molar refractivity (Wildman–Crippen MR) is 132 cm³/mol. The monoisotopic (exact) mass is 513 g/mol. The molecule has 1 aliphatic heterocycles. The number of sulfonamides is 1. The van der Waals surface area contributed by atoms with E-state index in [0.29, 0.717) is 17.3 Å². The summed E-state index contributed by atoms with van der Waals surface area (Å²) in [6, 6.07) is 11.6. The van der Waals surface area contributed by atoms with Crippen molar-refractivity contribution in [3.8, 4) is 0 Å². The zero-order valence-corrected chi connectivity index (χ0v) is 21.1. The van der Waals surface area contributed by atoms with E-state index in [4.69, 9.17) is 27.9 Å². The summed E-state index contributed by atoms with van der Waals surface area (Å²) in [4.78, 5) is 15.3. The molecule has 3 rings (SSSR count). The first-order valence-corrected chi connectivity index (χ1v) is 13.4. The van der Waals surface area contributed by atoms with Gasteiger partial charge in [0.05, 0.1) is 35.2 Å². The standard InChI is InChI=1S/C23H29Cl2N3O4S/c1-3-22(28(33(2,30)31)19-8-9-20(24)21(25)14-19)23(29)26-15-17-4-6-18(7-5-17)16-27-10-12-32-13-11-27/h4-9,14,22H,3,10-13,15-16H2,1-2H3,(H,26,29)/t22-/m0/s1. The molecule has 2 aromatic rings. The molecule has 0 unspecified atom stereocenters. The lowest BCUT2D eigenvalue weighted by Gasteiger charge is -2.30. The lowest BCUT2D eigenvalue weighted by molar-refractivity contribution is -0.122. The average molecular weight is 514 g/mol. The highest BCUT2D eigenvalue weighted by Gasteiger charge is 2.31. The van der Waals surface area contributed by atoms with Gasteiger partial charge >= 0.3 is 0 Å². The Kier molecular flexibility index (Phi) is 9.01. The summed E-state index contributed by atoms with van der Waals surface area (Å²) in [6.45, 7) is 6.29. The second kappa shape index (κ2) is 11.5. The summed E-state index contributed by atoms with van der Waals surface area (Å²) in [6.07, 6.45) is 1.36. The van der Waals surface area contributed by atoms with Crippen LogP contribution in [0.3, 0.4) is 0 Å². The number of carbonyl (C=O) groups is 1. The second-order valence-corrected chi connectivity index (χ2v) is 10.7. The number of carbonyl (C=O) groups excluding carboxylic acids is 1. The lowest BCUT2D eigenvalue weighted by Crippen LogP contribution is -2.49. The molecule has 0 aliphatic carbocycles. The van der Waals surface area contributed by atoms with Gasteiger partial charge in [0.2, 0.25) is 15.9 Å². The van der Waals surface area contributed by atoms with Gasteiger partial charge in [-0.05, 0) is 35.7 Å². The van der Waals surface area contributed by atoms with Crippen molar-refractivity contribution in [3.05, 3.63) is 63.6 Å². The van der Waals surface area contributed by atoms with Crippen molar-refractivity contribution in [2.24, 2.45) is 0 Å². The maximum Gasteiger partial charge on any atom is 0.244 e. The molecule has 0 saturated carbocycles. The first kappa shape index (κ1) is 25.8. The quantitative estimate of drug-likeness (QED) is 0.553. The number of amides is 1. The summed E-state index contributed by atoms with van der Waals surface area (Å²) in [7, 11) is -3.75. The number of halogens is 2. The first-order valence-electron chi connectivity index (χ1n) is 10.8. The normalized spacial score (nSPS) is 15.8. The number of benzene rings is 2. The van der Waals surface area contributed by atoms with Crippen LogP contribution in [0, 0.1) is 0 Å². The van der Waals surface area contributed by atoms with E-state index in [9.17, 15) is 13.2 Å². The number of rotatable bonds is 9. The van der Waals surface area contributed by atoms with Crippen LogP contribution in [0.15, 0.2) is 42.5 Å². The number of morpholine rings is 1. The Morgan fingerprint density at radius 1 is 1.09 bits per heavy atom. The van der Waals surface area contributed by atoms with E-state index in [2.05, 4.69) is 10.2 Å². The summed E-state index contributed by atoms with van der Waals surface area (Å²) < 4.78 is 31.6. The molecule has 1 fully saturated rings. The Bertz CT molecular complexity index is 1060. The fraction of sp³-hybridized carbons (Fsp3) is 0.435. The van der Waals surface area contributed by atoms with Crippen molar-refractivity contribution in [2.75, 3.05) is 36.9 Å². The van der Waals surface area contributed by atoms with E-state index in [1.54, 1.807) is 13.0 Å². The minimum Gasteiger partial charge on any atom is -0.379 e. The maximum atomic E-state index is 13.0. The molecule has 0 spiro atoms. The fourth-order valence-electron chi connectivity index (χ4n) is 3.77. The third-order valence-electron chi connectivity index (χ3n) is 5.49. The summed E-state index contributed by atoms with van der Waals surface area (Å²) in [5.74, 6) is -0.383. The van der Waals surface area contributed by atoms with Gasteiger partial charge in [-0.2, -0.15) is 0 Å². The minimum atomic E-state index is -3.75. The molecule has 2 aromatic carbocycles. The molecular weight excluding hydrogens is 485 g/mol. The van der Waals surface area contributed by atoms with Crippen molar-refractivity contribution < 1.29 is 17.9 Å². The molecule has 1 amide bonds. The number of anilines is 1. The van der Waals surface area contributed by atoms with Crippen molar-refractivity contribution in [3.63, 3.8) is 0 Å². The Morgan fingerprint density at radius 3 is 2.30 bits per heavy atom. The molecule has 1 saturated heterocycles. The van der Waals surface area contributed by atoms with E-state index in [1.165, 1.54) is 17.7 Å². The van der Waals surface area contributed by atoms with Crippen LogP contribution in [0.4, 0.5) is 5.69 Å². The number of nitrogens with one attached hydrogen (secondary N) is 1. The first-order chi connectivity index (χ1) is 15.7. The van der Waals surface area contributed by atoms with Gasteiger partial charge in [0.1, 0.15) is 6.04 Å². The fourth-order valence-corrected chi connectivity index (χ4v) is 5.27. The number of hydrogen-bond donors (Lipinski definition) is 1. The predicted octanol–water partition coefficient (Wildman–Crippen LogP) is 3.69. The molecule has 33 heavy (non-hydrogen) atoms. The molecular formula is C23H29Cl2N3O4S. The molecule has 0 bridgehead atoms. The van der Waals surface area contributed by atoms with Crippen LogP contribution in [0.25, 0.3) is 0 Å². The van der Waals surface area contributed by atoms with Gasteiger partial charge in [-0.1, -0.05) is 54.4 Å².